The molecule has 2 heterocycles. The summed E-state index contributed by atoms with van der Waals surface area (Å²) in [7, 11) is 0. The number of aryl methyl sites for hydroxylation is 2. The van der Waals surface area contributed by atoms with E-state index in [1.807, 2.05) is 13.8 Å². The van der Waals surface area contributed by atoms with Gasteiger partial charge in [0.25, 0.3) is 0 Å². The Morgan fingerprint density at radius 3 is 2.39 bits per heavy atom. The van der Waals surface area contributed by atoms with E-state index in [9.17, 15) is 4.79 Å². The maximum atomic E-state index is 11.5. The van der Waals surface area contributed by atoms with Crippen LogP contribution in [0.25, 0.3) is 0 Å². The number of nitrogens with zero attached hydrogens (tertiary/aromatic N) is 3. The van der Waals surface area contributed by atoms with Crippen LogP contribution in [0.1, 0.15) is 48.4 Å². The minimum absolute atomic E-state index is 0.0450. The van der Waals surface area contributed by atoms with Crippen LogP contribution in [0.4, 0.5) is 5.95 Å². The first kappa shape index (κ1) is 13.0. The third-order valence-corrected chi connectivity index (χ3v) is 3.55. The van der Waals surface area contributed by atoms with Crippen LogP contribution in [0.15, 0.2) is 0 Å². The van der Waals surface area contributed by atoms with E-state index in [1.54, 1.807) is 6.92 Å². The van der Waals surface area contributed by atoms with Crippen molar-refractivity contribution in [3.8, 4) is 0 Å². The van der Waals surface area contributed by atoms with Gasteiger partial charge in [0.15, 0.2) is 5.78 Å². The number of hydrogen-bond acceptors (Lipinski definition) is 4. The quantitative estimate of drug-likeness (QED) is 0.753. The number of aromatic nitrogens is 2. The summed E-state index contributed by atoms with van der Waals surface area (Å²) in [6.07, 6.45) is 2.47. The fourth-order valence-electron chi connectivity index (χ4n) is 2.72. The Labute approximate surface area is 108 Å². The second-order valence-electron chi connectivity index (χ2n) is 5.32. The first-order valence-corrected chi connectivity index (χ1v) is 6.60. The Balaban J connectivity index is 2.32. The van der Waals surface area contributed by atoms with E-state index in [0.717, 1.165) is 30.4 Å². The van der Waals surface area contributed by atoms with E-state index in [1.165, 1.54) is 12.8 Å². The van der Waals surface area contributed by atoms with Crippen LogP contribution in [-0.4, -0.2) is 28.8 Å². The molecule has 0 spiro atoms. The van der Waals surface area contributed by atoms with Crippen molar-refractivity contribution in [1.29, 1.82) is 0 Å². The monoisotopic (exact) mass is 247 g/mol. The van der Waals surface area contributed by atoms with Crippen molar-refractivity contribution >= 4 is 11.7 Å². The molecule has 0 unspecified atom stereocenters. The molecule has 2 rings (SSSR count). The topological polar surface area (TPSA) is 46.1 Å². The molecule has 4 heteroatoms. The van der Waals surface area contributed by atoms with Gasteiger partial charge in [-0.05, 0) is 39.5 Å². The minimum Gasteiger partial charge on any atom is -0.341 e. The van der Waals surface area contributed by atoms with Crippen molar-refractivity contribution in [2.75, 3.05) is 18.0 Å². The van der Waals surface area contributed by atoms with Crippen molar-refractivity contribution in [2.45, 2.75) is 40.5 Å². The molecular formula is C14H21N3O. The van der Waals surface area contributed by atoms with Crippen LogP contribution in [0, 0.1) is 19.8 Å². The maximum absolute atomic E-state index is 11.5. The molecule has 18 heavy (non-hydrogen) atoms. The zero-order valence-corrected chi connectivity index (χ0v) is 11.7. The molecule has 1 aromatic heterocycles. The van der Waals surface area contributed by atoms with Crippen LogP contribution in [0.3, 0.4) is 0 Å². The lowest BCUT2D eigenvalue weighted by Crippen LogP contribution is -2.35. The second kappa shape index (κ2) is 5.04. The third-order valence-electron chi connectivity index (χ3n) is 3.55. The predicted octanol–water partition coefficient (Wildman–Crippen LogP) is 2.53. The second-order valence-corrected chi connectivity index (χ2v) is 5.32. The van der Waals surface area contributed by atoms with Crippen LogP contribution < -0.4 is 4.90 Å². The Morgan fingerprint density at radius 1 is 1.28 bits per heavy atom. The van der Waals surface area contributed by atoms with Gasteiger partial charge >= 0.3 is 0 Å². The van der Waals surface area contributed by atoms with Crippen molar-refractivity contribution < 1.29 is 4.79 Å². The van der Waals surface area contributed by atoms with Gasteiger partial charge in [0.2, 0.25) is 5.95 Å². The van der Waals surface area contributed by atoms with Gasteiger partial charge in [-0.25, -0.2) is 9.97 Å². The maximum Gasteiger partial charge on any atom is 0.225 e. The van der Waals surface area contributed by atoms with Gasteiger partial charge in [-0.2, -0.15) is 0 Å². The lowest BCUT2D eigenvalue weighted by atomic mass is 10.0. The van der Waals surface area contributed by atoms with Gasteiger partial charge in [-0.3, -0.25) is 4.79 Å². The largest absolute Gasteiger partial charge is 0.341 e. The Kier molecular flexibility index (Phi) is 3.64. The van der Waals surface area contributed by atoms with E-state index < -0.39 is 0 Å². The third kappa shape index (κ3) is 2.52. The van der Waals surface area contributed by atoms with Gasteiger partial charge in [0.1, 0.15) is 0 Å². The van der Waals surface area contributed by atoms with E-state index in [0.29, 0.717) is 11.5 Å². The SMILES string of the molecule is CC(=O)c1c(C)nc(N2CCC[C@H](C)C2)nc1C. The molecule has 0 bridgehead atoms. The Bertz CT molecular complexity index is 447. The molecule has 0 saturated carbocycles. The van der Waals surface area contributed by atoms with E-state index >= 15 is 0 Å². The summed E-state index contributed by atoms with van der Waals surface area (Å²) in [5.74, 6) is 1.51. The van der Waals surface area contributed by atoms with Crippen LogP contribution in [0.2, 0.25) is 0 Å². The normalized spacial score (nSPS) is 20.0. The molecule has 1 fully saturated rings. The molecule has 0 radical (unpaired) electrons. The first-order valence-electron chi connectivity index (χ1n) is 6.60. The smallest absolute Gasteiger partial charge is 0.225 e. The number of rotatable bonds is 2. The number of Topliss-reactive ketones (excluding diaryl/α,β-unsaturated/α-hetero) is 1. The van der Waals surface area contributed by atoms with Gasteiger partial charge in [0, 0.05) is 13.1 Å². The molecule has 98 valence electrons. The van der Waals surface area contributed by atoms with Crippen molar-refractivity contribution in [1.82, 2.24) is 9.97 Å². The number of piperidine rings is 1. The molecule has 1 aliphatic heterocycles. The fraction of sp³-hybridized carbons (Fsp3) is 0.643. The number of carbonyl (C=O) groups is 1. The first-order chi connectivity index (χ1) is 8.49. The summed E-state index contributed by atoms with van der Waals surface area (Å²) >= 11 is 0. The summed E-state index contributed by atoms with van der Waals surface area (Å²) < 4.78 is 0. The molecule has 0 amide bonds. The molecule has 0 aromatic carbocycles. The molecule has 0 N–H and O–H groups in total. The lowest BCUT2D eigenvalue weighted by molar-refractivity contribution is 0.101. The van der Waals surface area contributed by atoms with E-state index in [-0.39, 0.29) is 5.78 Å². The Morgan fingerprint density at radius 2 is 1.89 bits per heavy atom. The molecule has 0 aliphatic carbocycles. The zero-order chi connectivity index (χ0) is 13.3. The van der Waals surface area contributed by atoms with Crippen LogP contribution in [0.5, 0.6) is 0 Å². The van der Waals surface area contributed by atoms with Gasteiger partial charge in [-0.1, -0.05) is 6.92 Å². The number of ketones is 1. The summed E-state index contributed by atoms with van der Waals surface area (Å²) in [6.45, 7) is 9.64. The van der Waals surface area contributed by atoms with E-state index in [4.69, 9.17) is 0 Å². The molecular weight excluding hydrogens is 226 g/mol. The summed E-state index contributed by atoms with van der Waals surface area (Å²) in [4.78, 5) is 22.8. The molecule has 1 saturated heterocycles. The van der Waals surface area contributed by atoms with Crippen LogP contribution >= 0.6 is 0 Å². The number of hydrogen-bond donors (Lipinski definition) is 0. The molecule has 1 aliphatic rings. The Hall–Kier alpha value is -1.45. The van der Waals surface area contributed by atoms with Gasteiger partial charge in [-0.15, -0.1) is 0 Å². The van der Waals surface area contributed by atoms with Crippen molar-refractivity contribution in [3.05, 3.63) is 17.0 Å². The highest BCUT2D eigenvalue weighted by Gasteiger charge is 2.20. The highest BCUT2D eigenvalue weighted by molar-refractivity contribution is 5.96. The lowest BCUT2D eigenvalue weighted by Gasteiger charge is -2.31. The summed E-state index contributed by atoms with van der Waals surface area (Å²) in [5, 5.41) is 0. The predicted molar refractivity (Wildman–Crippen MR) is 72.1 cm³/mol. The molecule has 1 aromatic rings. The van der Waals surface area contributed by atoms with Crippen molar-refractivity contribution in [2.24, 2.45) is 5.92 Å². The number of anilines is 1. The van der Waals surface area contributed by atoms with Gasteiger partial charge < -0.3 is 4.90 Å². The average molecular weight is 247 g/mol. The minimum atomic E-state index is 0.0450. The van der Waals surface area contributed by atoms with Crippen LogP contribution in [-0.2, 0) is 0 Å². The van der Waals surface area contributed by atoms with Crippen molar-refractivity contribution in [3.63, 3.8) is 0 Å². The summed E-state index contributed by atoms with van der Waals surface area (Å²) in [5.41, 5.74) is 2.26. The fourth-order valence-corrected chi connectivity index (χ4v) is 2.72. The molecule has 4 nitrogen and oxygen atoms in total. The average Bonchev–Trinajstić information content (AvgIpc) is 2.27. The highest BCUT2D eigenvalue weighted by Crippen LogP contribution is 2.22. The standard InChI is InChI=1S/C14H21N3O/c1-9-6-5-7-17(8-9)14-15-10(2)13(12(4)18)11(3)16-14/h9H,5-8H2,1-4H3/t9-/m0/s1. The highest BCUT2D eigenvalue weighted by atomic mass is 16.1. The van der Waals surface area contributed by atoms with Gasteiger partial charge in [0.05, 0.1) is 17.0 Å². The molecule has 1 atom stereocenters. The number of carbonyl (C=O) groups excluding carboxylic acids is 1. The van der Waals surface area contributed by atoms with E-state index in [2.05, 4.69) is 21.8 Å². The zero-order valence-electron chi connectivity index (χ0n) is 11.7. The summed E-state index contributed by atoms with van der Waals surface area (Å²) in [6, 6.07) is 0.